The van der Waals surface area contributed by atoms with Crippen LogP contribution in [0.3, 0.4) is 0 Å². The van der Waals surface area contributed by atoms with Crippen molar-refractivity contribution in [1.29, 1.82) is 0 Å². The molecule has 0 saturated heterocycles. The summed E-state index contributed by atoms with van der Waals surface area (Å²) >= 11 is 0. The Labute approximate surface area is 215 Å². The van der Waals surface area contributed by atoms with Gasteiger partial charge in [0, 0.05) is 36.5 Å². The van der Waals surface area contributed by atoms with Gasteiger partial charge in [0.15, 0.2) is 0 Å². The Bertz CT molecular complexity index is 1310. The monoisotopic (exact) mass is 508 g/mol. The first kappa shape index (κ1) is 25.5. The van der Waals surface area contributed by atoms with Crippen molar-refractivity contribution in [2.45, 2.75) is 64.6 Å². The second kappa shape index (κ2) is 9.95. The van der Waals surface area contributed by atoms with E-state index in [1.54, 1.807) is 12.1 Å². The zero-order valence-electron chi connectivity index (χ0n) is 21.3. The predicted molar refractivity (Wildman–Crippen MR) is 137 cm³/mol. The zero-order valence-corrected chi connectivity index (χ0v) is 21.3. The number of rotatable bonds is 7. The first-order chi connectivity index (χ1) is 17.6. The van der Waals surface area contributed by atoms with Crippen LogP contribution in [0.4, 0.5) is 13.2 Å². The fraction of sp³-hybridized carbons (Fsp3) is 0.367. The molecule has 1 aliphatic carbocycles. The van der Waals surface area contributed by atoms with E-state index >= 15 is 8.78 Å². The van der Waals surface area contributed by atoms with Crippen LogP contribution in [0.2, 0.25) is 0 Å². The molecule has 5 rings (SSSR count). The van der Waals surface area contributed by atoms with Gasteiger partial charge in [-0.15, -0.1) is 0 Å². The molecule has 1 aliphatic heterocycles. The molecule has 0 bridgehead atoms. The molecule has 3 aromatic rings. The highest BCUT2D eigenvalue weighted by molar-refractivity contribution is 5.79. The van der Waals surface area contributed by atoms with Gasteiger partial charge >= 0.3 is 0 Å². The van der Waals surface area contributed by atoms with Crippen molar-refractivity contribution in [2.24, 2.45) is 0 Å². The maximum Gasteiger partial charge on any atom is 0.134 e. The summed E-state index contributed by atoms with van der Waals surface area (Å²) in [6.45, 7) is 4.94. The van der Waals surface area contributed by atoms with E-state index in [1.807, 2.05) is 30.0 Å². The molecule has 194 valence electrons. The molecular weight excluding hydrogens is 477 g/mol. The topological polar surface area (TPSA) is 45.6 Å². The van der Waals surface area contributed by atoms with Gasteiger partial charge in [0.05, 0.1) is 18.3 Å². The van der Waals surface area contributed by atoms with Gasteiger partial charge in [0.25, 0.3) is 0 Å². The maximum absolute atomic E-state index is 15.7. The van der Waals surface area contributed by atoms with Gasteiger partial charge in [-0.3, -0.25) is 9.88 Å². The van der Waals surface area contributed by atoms with Gasteiger partial charge in [0.1, 0.15) is 29.7 Å². The quantitative estimate of drug-likeness (QED) is 0.406. The van der Waals surface area contributed by atoms with Crippen molar-refractivity contribution in [3.63, 3.8) is 0 Å². The lowest BCUT2D eigenvalue weighted by Gasteiger charge is -2.44. The van der Waals surface area contributed by atoms with Crippen molar-refractivity contribution in [1.82, 2.24) is 9.88 Å². The SMILES string of the molecule is C[C@@H]1CC2=C(Cc3ccccc32)[C@@H](c2c(F)cc(OCc3ccc(CO)cn3)cc2F)N1CC(C)(C)F. The molecule has 0 fully saturated rings. The Kier molecular flexibility index (Phi) is 6.86. The molecule has 0 saturated carbocycles. The third kappa shape index (κ3) is 5.15. The molecule has 7 heteroatoms. The lowest BCUT2D eigenvalue weighted by atomic mass is 9.84. The molecule has 0 radical (unpaired) electrons. The second-order valence-electron chi connectivity index (χ2n) is 10.6. The number of alkyl halides is 1. The van der Waals surface area contributed by atoms with Crippen molar-refractivity contribution in [3.8, 4) is 5.75 Å². The van der Waals surface area contributed by atoms with Crippen LogP contribution < -0.4 is 4.74 Å². The second-order valence-corrected chi connectivity index (χ2v) is 10.6. The fourth-order valence-corrected chi connectivity index (χ4v) is 5.54. The molecule has 37 heavy (non-hydrogen) atoms. The van der Waals surface area contributed by atoms with Crippen LogP contribution in [-0.4, -0.2) is 33.2 Å². The van der Waals surface area contributed by atoms with Crippen LogP contribution in [-0.2, 0) is 19.6 Å². The van der Waals surface area contributed by atoms with Crippen LogP contribution in [0.5, 0.6) is 5.75 Å². The highest BCUT2D eigenvalue weighted by Crippen LogP contribution is 2.50. The third-order valence-corrected chi connectivity index (χ3v) is 7.18. The maximum atomic E-state index is 15.7. The largest absolute Gasteiger partial charge is 0.487 e. The Morgan fingerprint density at radius 3 is 2.49 bits per heavy atom. The number of benzene rings is 2. The summed E-state index contributed by atoms with van der Waals surface area (Å²) in [5.41, 5.74) is 3.91. The highest BCUT2D eigenvalue weighted by atomic mass is 19.1. The number of ether oxygens (including phenoxy) is 1. The summed E-state index contributed by atoms with van der Waals surface area (Å²) < 4.78 is 52.0. The van der Waals surface area contributed by atoms with Gasteiger partial charge in [0.2, 0.25) is 0 Å². The van der Waals surface area contributed by atoms with Crippen LogP contribution >= 0.6 is 0 Å². The van der Waals surface area contributed by atoms with Crippen LogP contribution in [0.15, 0.2) is 60.3 Å². The smallest absolute Gasteiger partial charge is 0.134 e. The van der Waals surface area contributed by atoms with Gasteiger partial charge in [-0.25, -0.2) is 13.2 Å². The molecular formula is C30H31F3N2O2. The van der Waals surface area contributed by atoms with Crippen molar-refractivity contribution in [3.05, 3.63) is 99.9 Å². The standard InChI is InChI=1S/C30H31F3N2O2/c1-18-10-24-23-7-5-4-6-20(23)11-25(24)29(35(18)17-30(2,3)33)28-26(31)12-22(13-27(28)32)37-16-21-9-8-19(15-36)14-34-21/h4-9,12-14,18,29,36H,10-11,15-17H2,1-3H3/t18-,29+/m1/s1. The molecule has 2 aromatic carbocycles. The summed E-state index contributed by atoms with van der Waals surface area (Å²) in [7, 11) is 0. The molecule has 0 amide bonds. The minimum absolute atomic E-state index is 0.0250. The van der Waals surface area contributed by atoms with E-state index < -0.39 is 23.3 Å². The van der Waals surface area contributed by atoms with Gasteiger partial charge in [-0.05, 0) is 67.5 Å². The number of aromatic nitrogens is 1. The van der Waals surface area contributed by atoms with Crippen LogP contribution in [0.25, 0.3) is 5.57 Å². The normalized spacial score (nSPS) is 19.6. The minimum Gasteiger partial charge on any atom is -0.487 e. The van der Waals surface area contributed by atoms with Crippen molar-refractivity contribution in [2.75, 3.05) is 6.54 Å². The third-order valence-electron chi connectivity index (χ3n) is 7.18. The number of aliphatic hydroxyl groups is 1. The number of aliphatic hydroxyl groups excluding tert-OH is 1. The molecule has 1 N–H and O–H groups in total. The highest BCUT2D eigenvalue weighted by Gasteiger charge is 2.42. The summed E-state index contributed by atoms with van der Waals surface area (Å²) in [4.78, 5) is 6.09. The van der Waals surface area contributed by atoms with E-state index in [0.717, 1.165) is 22.3 Å². The Hall–Kier alpha value is -3.16. The average molecular weight is 509 g/mol. The molecule has 4 nitrogen and oxygen atoms in total. The molecule has 2 aliphatic rings. The summed E-state index contributed by atoms with van der Waals surface area (Å²) in [6.07, 6.45) is 2.81. The fourth-order valence-electron chi connectivity index (χ4n) is 5.54. The first-order valence-corrected chi connectivity index (χ1v) is 12.6. The van der Waals surface area contributed by atoms with E-state index in [2.05, 4.69) is 11.1 Å². The number of fused-ring (bicyclic) bond motifs is 2. The molecule has 2 atom stereocenters. The lowest BCUT2D eigenvalue weighted by Crippen LogP contribution is -2.47. The van der Waals surface area contributed by atoms with E-state index in [4.69, 9.17) is 9.84 Å². The van der Waals surface area contributed by atoms with Gasteiger partial charge < -0.3 is 9.84 Å². The van der Waals surface area contributed by atoms with Crippen LogP contribution in [0, 0.1) is 11.6 Å². The number of pyridine rings is 1. The van der Waals surface area contributed by atoms with Crippen molar-refractivity contribution >= 4 is 5.57 Å². The minimum atomic E-state index is -1.54. The summed E-state index contributed by atoms with van der Waals surface area (Å²) in [5.74, 6) is -1.39. The summed E-state index contributed by atoms with van der Waals surface area (Å²) in [5, 5.41) is 9.15. The Balaban J connectivity index is 1.50. The molecule has 0 unspecified atom stereocenters. The molecule has 2 heterocycles. The zero-order chi connectivity index (χ0) is 26.3. The first-order valence-electron chi connectivity index (χ1n) is 12.6. The van der Waals surface area contributed by atoms with E-state index in [-0.39, 0.29) is 37.1 Å². The van der Waals surface area contributed by atoms with Gasteiger partial charge in [-0.2, -0.15) is 0 Å². The summed E-state index contributed by atoms with van der Waals surface area (Å²) in [6, 6.07) is 13.0. The Morgan fingerprint density at radius 2 is 1.84 bits per heavy atom. The molecule has 0 spiro atoms. The lowest BCUT2D eigenvalue weighted by molar-refractivity contribution is 0.0676. The molecule has 1 aromatic heterocycles. The van der Waals surface area contributed by atoms with Crippen LogP contribution in [0.1, 0.15) is 61.2 Å². The van der Waals surface area contributed by atoms with E-state index in [0.29, 0.717) is 24.1 Å². The Morgan fingerprint density at radius 1 is 1.11 bits per heavy atom. The van der Waals surface area contributed by atoms with Gasteiger partial charge in [-0.1, -0.05) is 30.3 Å². The van der Waals surface area contributed by atoms with Crippen molar-refractivity contribution < 1.29 is 23.0 Å². The number of nitrogens with zero attached hydrogens (tertiary/aromatic N) is 2. The van der Waals surface area contributed by atoms with E-state index in [9.17, 15) is 4.39 Å². The predicted octanol–water partition coefficient (Wildman–Crippen LogP) is 6.32. The number of hydrogen-bond donors (Lipinski definition) is 1. The average Bonchev–Trinajstić information content (AvgIpc) is 3.21. The van der Waals surface area contributed by atoms with E-state index in [1.165, 1.54) is 32.2 Å². The number of halogens is 3. The number of hydrogen-bond acceptors (Lipinski definition) is 4.